The molecular formula is C17H18N2O7. The summed E-state index contributed by atoms with van der Waals surface area (Å²) in [4.78, 5) is 35.5. The Bertz CT molecular complexity index is 796. The van der Waals surface area contributed by atoms with E-state index in [1.807, 2.05) is 0 Å². The number of nitrogens with zero attached hydrogens (tertiary/aromatic N) is 1. The van der Waals surface area contributed by atoms with Crippen molar-refractivity contribution in [3.8, 4) is 5.75 Å². The summed E-state index contributed by atoms with van der Waals surface area (Å²) < 4.78 is 19.5. The molecule has 9 nitrogen and oxygen atoms in total. The molecule has 0 unspecified atom stereocenters. The van der Waals surface area contributed by atoms with E-state index in [1.165, 1.54) is 24.3 Å². The summed E-state index contributed by atoms with van der Waals surface area (Å²) in [7, 11) is 0. The molecule has 1 aromatic heterocycles. The van der Waals surface area contributed by atoms with Crippen LogP contribution < -0.4 is 10.1 Å². The van der Waals surface area contributed by atoms with Crippen LogP contribution in [0, 0.1) is 6.92 Å². The Kier molecular flexibility index (Phi) is 6.31. The third-order valence-corrected chi connectivity index (χ3v) is 3.15. The molecular weight excluding hydrogens is 344 g/mol. The summed E-state index contributed by atoms with van der Waals surface area (Å²) in [6.07, 6.45) is -0.832. The van der Waals surface area contributed by atoms with Crippen molar-refractivity contribution in [2.24, 2.45) is 0 Å². The Morgan fingerprint density at radius 3 is 2.35 bits per heavy atom. The molecule has 2 aromatic rings. The number of aromatic nitrogens is 1. The summed E-state index contributed by atoms with van der Waals surface area (Å²) in [6, 6.07) is 5.75. The number of hydrogen-bond acceptors (Lipinski definition) is 8. The van der Waals surface area contributed by atoms with Crippen molar-refractivity contribution in [2.45, 2.75) is 20.8 Å². The van der Waals surface area contributed by atoms with Crippen LogP contribution in [0.5, 0.6) is 5.75 Å². The van der Waals surface area contributed by atoms with E-state index in [-0.39, 0.29) is 36.0 Å². The van der Waals surface area contributed by atoms with Crippen LogP contribution in [0.1, 0.15) is 40.3 Å². The third kappa shape index (κ3) is 4.59. The summed E-state index contributed by atoms with van der Waals surface area (Å²) in [5.41, 5.74) is 0.615. The Balaban J connectivity index is 2.09. The SMILES string of the molecule is CCOC(=O)Oc1ccc(C(=O)Nc2onc(C)c2C(=O)OCC)cc1. The molecule has 0 saturated carbocycles. The maximum atomic E-state index is 12.3. The molecule has 0 bridgehead atoms. The first-order valence-electron chi connectivity index (χ1n) is 7.85. The fourth-order valence-electron chi connectivity index (χ4n) is 1.99. The van der Waals surface area contributed by atoms with Crippen molar-refractivity contribution >= 4 is 23.9 Å². The van der Waals surface area contributed by atoms with Crippen molar-refractivity contribution in [1.82, 2.24) is 5.16 Å². The summed E-state index contributed by atoms with van der Waals surface area (Å²) in [6.45, 7) is 5.26. The van der Waals surface area contributed by atoms with Gasteiger partial charge in [0.15, 0.2) is 0 Å². The molecule has 1 amide bonds. The second-order valence-electron chi connectivity index (χ2n) is 4.96. The van der Waals surface area contributed by atoms with E-state index in [9.17, 15) is 14.4 Å². The van der Waals surface area contributed by atoms with E-state index < -0.39 is 18.0 Å². The summed E-state index contributed by atoms with van der Waals surface area (Å²) in [5.74, 6) is -1.05. The highest BCUT2D eigenvalue weighted by Gasteiger charge is 2.23. The average molecular weight is 362 g/mol. The molecule has 138 valence electrons. The van der Waals surface area contributed by atoms with Gasteiger partial charge in [-0.1, -0.05) is 5.16 Å². The van der Waals surface area contributed by atoms with Gasteiger partial charge in [-0.15, -0.1) is 0 Å². The normalized spacial score (nSPS) is 10.1. The zero-order chi connectivity index (χ0) is 19.1. The number of anilines is 1. The fraction of sp³-hybridized carbons (Fsp3) is 0.294. The van der Waals surface area contributed by atoms with E-state index in [4.69, 9.17) is 14.0 Å². The molecule has 0 radical (unpaired) electrons. The molecule has 2 rings (SSSR count). The smallest absolute Gasteiger partial charge is 0.462 e. The minimum atomic E-state index is -0.832. The number of amides is 1. The maximum Gasteiger partial charge on any atom is 0.513 e. The highest BCUT2D eigenvalue weighted by molar-refractivity contribution is 6.07. The van der Waals surface area contributed by atoms with Crippen LogP contribution in [0.4, 0.5) is 10.7 Å². The van der Waals surface area contributed by atoms with Gasteiger partial charge >= 0.3 is 12.1 Å². The van der Waals surface area contributed by atoms with Gasteiger partial charge in [0, 0.05) is 5.56 Å². The predicted octanol–water partition coefficient (Wildman–Crippen LogP) is 2.95. The minimum absolute atomic E-state index is 0.0578. The molecule has 9 heteroatoms. The van der Waals surface area contributed by atoms with Gasteiger partial charge in [0.2, 0.25) is 5.88 Å². The lowest BCUT2D eigenvalue weighted by Crippen LogP contribution is -2.15. The number of rotatable bonds is 6. The number of carbonyl (C=O) groups is 3. The van der Waals surface area contributed by atoms with E-state index in [0.717, 1.165) is 0 Å². The number of esters is 1. The van der Waals surface area contributed by atoms with Crippen LogP contribution in [0.3, 0.4) is 0 Å². The maximum absolute atomic E-state index is 12.3. The number of nitrogens with one attached hydrogen (secondary N) is 1. The average Bonchev–Trinajstić information content (AvgIpc) is 2.96. The van der Waals surface area contributed by atoms with Gasteiger partial charge < -0.3 is 18.7 Å². The quantitative estimate of drug-likeness (QED) is 0.616. The highest BCUT2D eigenvalue weighted by atomic mass is 16.7. The molecule has 0 atom stereocenters. The van der Waals surface area contributed by atoms with Crippen LogP contribution in [-0.2, 0) is 9.47 Å². The Labute approximate surface area is 149 Å². The van der Waals surface area contributed by atoms with Crippen molar-refractivity contribution in [3.63, 3.8) is 0 Å². The van der Waals surface area contributed by atoms with Crippen molar-refractivity contribution < 1.29 is 33.1 Å². The number of hydrogen-bond donors (Lipinski definition) is 1. The monoisotopic (exact) mass is 362 g/mol. The van der Waals surface area contributed by atoms with Gasteiger partial charge in [-0.25, -0.2) is 9.59 Å². The van der Waals surface area contributed by atoms with Gasteiger partial charge in [-0.3, -0.25) is 10.1 Å². The third-order valence-electron chi connectivity index (χ3n) is 3.15. The lowest BCUT2D eigenvalue weighted by molar-refractivity contribution is 0.0526. The van der Waals surface area contributed by atoms with Gasteiger partial charge in [0.05, 0.1) is 18.9 Å². The Hall–Kier alpha value is -3.36. The first-order valence-corrected chi connectivity index (χ1v) is 7.85. The predicted molar refractivity (Wildman–Crippen MR) is 89.2 cm³/mol. The zero-order valence-corrected chi connectivity index (χ0v) is 14.5. The molecule has 0 spiro atoms. The number of benzene rings is 1. The molecule has 0 fully saturated rings. The van der Waals surface area contributed by atoms with E-state index >= 15 is 0 Å². The van der Waals surface area contributed by atoms with Crippen molar-refractivity contribution in [1.29, 1.82) is 0 Å². The lowest BCUT2D eigenvalue weighted by Gasteiger charge is -2.06. The van der Waals surface area contributed by atoms with Gasteiger partial charge in [0.1, 0.15) is 11.3 Å². The van der Waals surface area contributed by atoms with Gasteiger partial charge in [-0.2, -0.15) is 0 Å². The molecule has 1 aromatic carbocycles. The van der Waals surface area contributed by atoms with Crippen LogP contribution in [0.25, 0.3) is 0 Å². The summed E-state index contributed by atoms with van der Waals surface area (Å²) in [5, 5.41) is 6.14. The Morgan fingerprint density at radius 1 is 1.08 bits per heavy atom. The first-order chi connectivity index (χ1) is 12.5. The molecule has 0 aliphatic carbocycles. The number of carbonyl (C=O) groups excluding carboxylic acids is 3. The molecule has 0 aliphatic rings. The second-order valence-corrected chi connectivity index (χ2v) is 4.96. The number of ether oxygens (including phenoxy) is 3. The molecule has 0 aliphatic heterocycles. The topological polar surface area (TPSA) is 117 Å². The van der Waals surface area contributed by atoms with Crippen molar-refractivity contribution in [3.05, 3.63) is 41.1 Å². The standard InChI is InChI=1S/C17H18N2O7/c1-4-23-16(21)13-10(3)19-26-15(13)18-14(20)11-6-8-12(9-7-11)25-17(22)24-5-2/h6-9H,4-5H2,1-3H3,(H,18,20). The summed E-state index contributed by atoms with van der Waals surface area (Å²) >= 11 is 0. The largest absolute Gasteiger partial charge is 0.513 e. The molecule has 1 heterocycles. The van der Waals surface area contributed by atoms with Crippen LogP contribution >= 0.6 is 0 Å². The molecule has 26 heavy (non-hydrogen) atoms. The minimum Gasteiger partial charge on any atom is -0.462 e. The van der Waals surface area contributed by atoms with E-state index in [1.54, 1.807) is 20.8 Å². The van der Waals surface area contributed by atoms with Crippen LogP contribution in [0.2, 0.25) is 0 Å². The van der Waals surface area contributed by atoms with Crippen molar-refractivity contribution in [2.75, 3.05) is 18.5 Å². The highest BCUT2D eigenvalue weighted by Crippen LogP contribution is 2.22. The number of aryl methyl sites for hydroxylation is 1. The Morgan fingerprint density at radius 2 is 1.73 bits per heavy atom. The zero-order valence-electron chi connectivity index (χ0n) is 14.5. The van der Waals surface area contributed by atoms with Gasteiger partial charge in [-0.05, 0) is 45.0 Å². The van der Waals surface area contributed by atoms with Crippen LogP contribution in [-0.4, -0.2) is 36.4 Å². The van der Waals surface area contributed by atoms with Gasteiger partial charge in [0.25, 0.3) is 5.91 Å². The van der Waals surface area contributed by atoms with E-state index in [2.05, 4.69) is 15.2 Å². The van der Waals surface area contributed by atoms with Crippen LogP contribution in [0.15, 0.2) is 28.8 Å². The molecule has 1 N–H and O–H groups in total. The molecule has 0 saturated heterocycles. The second kappa shape index (κ2) is 8.65. The van der Waals surface area contributed by atoms with E-state index in [0.29, 0.717) is 5.69 Å². The lowest BCUT2D eigenvalue weighted by atomic mass is 10.2. The fourth-order valence-corrected chi connectivity index (χ4v) is 1.99. The first kappa shape index (κ1) is 19.0.